The molecule has 0 fully saturated rings. The number of carbonyl (C=O) groups is 1. The van der Waals surface area contributed by atoms with Crippen LogP contribution in [0.25, 0.3) is 0 Å². The fraction of sp³-hybridized carbons (Fsp3) is 0.733. The number of ether oxygens (including phenoxy) is 2. The number of nitrogens with zero attached hydrogens (tertiary/aromatic N) is 1. The minimum Gasteiger partial charge on any atom is -0.461 e. The minimum absolute atomic E-state index is 0.318. The van der Waals surface area contributed by atoms with Crippen LogP contribution < -0.4 is 0 Å². The molecule has 0 spiro atoms. The van der Waals surface area contributed by atoms with E-state index in [1.54, 1.807) is 12.3 Å². The molecule has 0 atom stereocenters. The van der Waals surface area contributed by atoms with E-state index in [2.05, 4.69) is 25.8 Å². The summed E-state index contributed by atoms with van der Waals surface area (Å²) in [4.78, 5) is 15.3. The van der Waals surface area contributed by atoms with E-state index >= 15 is 0 Å². The van der Waals surface area contributed by atoms with Crippen LogP contribution in [0.15, 0.2) is 5.38 Å². The zero-order valence-corrected chi connectivity index (χ0v) is 13.9. The minimum atomic E-state index is -0.318. The van der Waals surface area contributed by atoms with Crippen molar-refractivity contribution < 1.29 is 14.3 Å². The van der Waals surface area contributed by atoms with Crippen molar-refractivity contribution >= 4 is 17.3 Å². The first kappa shape index (κ1) is 19.1. The van der Waals surface area contributed by atoms with Crippen LogP contribution in [-0.2, 0) is 15.9 Å². The maximum absolute atomic E-state index is 11.2. The lowest BCUT2D eigenvalue weighted by molar-refractivity contribution is 0.0520. The molecule has 0 bridgehead atoms. The highest BCUT2D eigenvalue weighted by Crippen LogP contribution is 2.12. The molecule has 0 aliphatic heterocycles. The van der Waals surface area contributed by atoms with Gasteiger partial charge in [0, 0.05) is 18.6 Å². The summed E-state index contributed by atoms with van der Waals surface area (Å²) in [5, 5.41) is 2.76. The summed E-state index contributed by atoms with van der Waals surface area (Å²) in [7, 11) is 0. The van der Waals surface area contributed by atoms with E-state index in [-0.39, 0.29) is 5.97 Å². The van der Waals surface area contributed by atoms with Gasteiger partial charge in [-0.1, -0.05) is 20.8 Å². The summed E-state index contributed by atoms with van der Waals surface area (Å²) in [6.07, 6.45) is 4.26. The first-order valence-electron chi connectivity index (χ1n) is 7.38. The van der Waals surface area contributed by atoms with Crippen molar-refractivity contribution in [3.8, 4) is 0 Å². The lowest BCUT2D eigenvalue weighted by atomic mass is 10.3. The Hall–Kier alpha value is -0.940. The monoisotopic (exact) mass is 301 g/mol. The summed E-state index contributed by atoms with van der Waals surface area (Å²) in [6, 6.07) is 0. The molecule has 0 radical (unpaired) electrons. The number of carbonyl (C=O) groups excluding carboxylic acids is 1. The second-order valence-electron chi connectivity index (χ2n) is 4.21. The van der Waals surface area contributed by atoms with E-state index in [0.29, 0.717) is 12.3 Å². The molecule has 4 nitrogen and oxygen atoms in total. The highest BCUT2D eigenvalue weighted by Gasteiger charge is 2.10. The molecule has 5 heteroatoms. The topological polar surface area (TPSA) is 48.4 Å². The van der Waals surface area contributed by atoms with Gasteiger partial charge in [-0.05, 0) is 32.6 Å². The summed E-state index contributed by atoms with van der Waals surface area (Å²) in [5.74, 6) is -0.318. The molecule has 0 N–H and O–H groups in total. The predicted molar refractivity (Wildman–Crippen MR) is 83.5 cm³/mol. The molecular formula is C15H27NO3S. The molecule has 0 amide bonds. The quantitative estimate of drug-likeness (QED) is 0.536. The van der Waals surface area contributed by atoms with Crippen LogP contribution in [0.3, 0.4) is 0 Å². The molecule has 0 saturated carbocycles. The van der Waals surface area contributed by atoms with Crippen molar-refractivity contribution in [2.75, 3.05) is 19.8 Å². The van der Waals surface area contributed by atoms with Gasteiger partial charge < -0.3 is 9.47 Å². The maximum Gasteiger partial charge on any atom is 0.357 e. The van der Waals surface area contributed by atoms with Crippen LogP contribution in [0.4, 0.5) is 0 Å². The average Bonchev–Trinajstić information content (AvgIpc) is 2.90. The van der Waals surface area contributed by atoms with Crippen molar-refractivity contribution in [1.82, 2.24) is 4.98 Å². The zero-order valence-electron chi connectivity index (χ0n) is 13.1. The fourth-order valence-corrected chi connectivity index (χ4v) is 2.20. The maximum atomic E-state index is 11.2. The van der Waals surface area contributed by atoms with Crippen molar-refractivity contribution in [3.63, 3.8) is 0 Å². The van der Waals surface area contributed by atoms with Gasteiger partial charge in [0.1, 0.15) is 0 Å². The molecule has 1 aromatic rings. The Bertz CT molecular complexity index is 349. The Kier molecular flexibility index (Phi) is 12.4. The molecule has 0 aromatic carbocycles. The van der Waals surface area contributed by atoms with Crippen LogP contribution >= 0.6 is 11.3 Å². The van der Waals surface area contributed by atoms with Gasteiger partial charge in [-0.3, -0.25) is 0 Å². The van der Waals surface area contributed by atoms with E-state index in [9.17, 15) is 4.79 Å². The van der Waals surface area contributed by atoms with E-state index in [1.807, 2.05) is 0 Å². The first-order valence-corrected chi connectivity index (χ1v) is 8.26. The summed E-state index contributed by atoms with van der Waals surface area (Å²) in [5.41, 5.74) is 0.440. The van der Waals surface area contributed by atoms with E-state index in [1.165, 1.54) is 11.3 Å². The number of hydrogen-bond acceptors (Lipinski definition) is 5. The van der Waals surface area contributed by atoms with E-state index < -0.39 is 0 Å². The number of aromatic nitrogens is 1. The van der Waals surface area contributed by atoms with E-state index in [0.717, 1.165) is 43.9 Å². The Labute approximate surface area is 126 Å². The molecule has 0 aliphatic rings. The number of hydrogen-bond donors (Lipinski definition) is 0. The van der Waals surface area contributed by atoms with Crippen molar-refractivity contribution in [1.29, 1.82) is 0 Å². The Balaban J connectivity index is 0.000000441. The molecular weight excluding hydrogens is 274 g/mol. The van der Waals surface area contributed by atoms with Crippen molar-refractivity contribution in [3.05, 3.63) is 16.1 Å². The van der Waals surface area contributed by atoms with Gasteiger partial charge in [0.05, 0.1) is 11.6 Å². The SMILES string of the molecule is CCCOCCC.CCCc1nc(C(=O)OCC)cs1. The zero-order chi connectivity index (χ0) is 15.2. The molecule has 116 valence electrons. The Morgan fingerprint density at radius 3 is 2.30 bits per heavy atom. The highest BCUT2D eigenvalue weighted by molar-refractivity contribution is 7.09. The van der Waals surface area contributed by atoms with Gasteiger partial charge in [0.25, 0.3) is 0 Å². The number of aryl methyl sites for hydroxylation is 1. The van der Waals surface area contributed by atoms with Gasteiger partial charge in [-0.25, -0.2) is 9.78 Å². The standard InChI is InChI=1S/C9H13NO2S.C6H14O/c1-3-5-8-10-7(6-13-8)9(11)12-4-2;1-3-5-7-6-4-2/h6H,3-5H2,1-2H3;3-6H2,1-2H3. The molecule has 1 rings (SSSR count). The normalized spacial score (nSPS) is 9.80. The third-order valence-corrected chi connectivity index (χ3v) is 3.11. The van der Waals surface area contributed by atoms with Crippen LogP contribution in [0.2, 0.25) is 0 Å². The second kappa shape index (κ2) is 13.1. The Morgan fingerprint density at radius 2 is 1.80 bits per heavy atom. The Morgan fingerprint density at radius 1 is 1.15 bits per heavy atom. The van der Waals surface area contributed by atoms with Crippen LogP contribution in [-0.4, -0.2) is 30.8 Å². The predicted octanol–water partition coefficient (Wildman–Crippen LogP) is 4.10. The molecule has 0 aliphatic carbocycles. The van der Waals surface area contributed by atoms with Crippen LogP contribution in [0, 0.1) is 0 Å². The number of esters is 1. The van der Waals surface area contributed by atoms with Crippen LogP contribution in [0.1, 0.15) is 62.5 Å². The van der Waals surface area contributed by atoms with Gasteiger partial charge in [0.15, 0.2) is 5.69 Å². The fourth-order valence-electron chi connectivity index (χ4n) is 1.33. The molecule has 0 saturated heterocycles. The molecule has 1 aromatic heterocycles. The van der Waals surface area contributed by atoms with Crippen molar-refractivity contribution in [2.24, 2.45) is 0 Å². The van der Waals surface area contributed by atoms with Crippen molar-refractivity contribution in [2.45, 2.75) is 53.4 Å². The summed E-state index contributed by atoms with van der Waals surface area (Å²) < 4.78 is 9.96. The highest BCUT2D eigenvalue weighted by atomic mass is 32.1. The summed E-state index contributed by atoms with van der Waals surface area (Å²) in [6.45, 7) is 10.4. The average molecular weight is 301 g/mol. The number of rotatable bonds is 8. The smallest absolute Gasteiger partial charge is 0.357 e. The first-order chi connectivity index (χ1) is 9.69. The van der Waals surface area contributed by atoms with E-state index in [4.69, 9.17) is 9.47 Å². The largest absolute Gasteiger partial charge is 0.461 e. The van der Waals surface area contributed by atoms with Crippen LogP contribution in [0.5, 0.6) is 0 Å². The van der Waals surface area contributed by atoms with Gasteiger partial charge >= 0.3 is 5.97 Å². The molecule has 0 unspecified atom stereocenters. The third kappa shape index (κ3) is 9.04. The van der Waals surface area contributed by atoms with Gasteiger partial charge in [0.2, 0.25) is 0 Å². The van der Waals surface area contributed by atoms with Gasteiger partial charge in [-0.15, -0.1) is 11.3 Å². The molecule has 20 heavy (non-hydrogen) atoms. The number of thiazole rings is 1. The lowest BCUT2D eigenvalue weighted by Crippen LogP contribution is -2.04. The summed E-state index contributed by atoms with van der Waals surface area (Å²) >= 11 is 1.52. The lowest BCUT2D eigenvalue weighted by Gasteiger charge is -1.95. The van der Waals surface area contributed by atoms with Gasteiger partial charge in [-0.2, -0.15) is 0 Å². The second-order valence-corrected chi connectivity index (χ2v) is 5.15. The molecule has 1 heterocycles. The third-order valence-electron chi connectivity index (χ3n) is 2.20.